The van der Waals surface area contributed by atoms with E-state index in [1.807, 2.05) is 42.5 Å². The Hall–Kier alpha value is -2.00. The fraction of sp³-hybridized carbons (Fsp3) is 0.350. The van der Waals surface area contributed by atoms with E-state index in [1.165, 1.54) is 12.8 Å². The van der Waals surface area contributed by atoms with Gasteiger partial charge in [-0.05, 0) is 48.9 Å². The van der Waals surface area contributed by atoms with E-state index in [2.05, 4.69) is 16.3 Å². The van der Waals surface area contributed by atoms with Gasteiger partial charge in [0, 0.05) is 24.0 Å². The third-order valence-corrected chi connectivity index (χ3v) is 5.38. The minimum absolute atomic E-state index is 0.0246. The van der Waals surface area contributed by atoms with Crippen molar-refractivity contribution < 1.29 is 4.79 Å². The first-order chi connectivity index (χ1) is 11.7. The standard InChI is InChI=1S/C20H21ClN2O/c21-17-8-2-1-7-14(17)15-13-16(15)20(24)22-18-9-3-4-10-19(18)23-11-5-6-12-23/h1-4,7-10,15-16H,5-6,11-13H2,(H,22,24). The van der Waals surface area contributed by atoms with E-state index in [9.17, 15) is 4.79 Å². The van der Waals surface area contributed by atoms with E-state index in [0.29, 0.717) is 0 Å². The van der Waals surface area contributed by atoms with Gasteiger partial charge in [-0.2, -0.15) is 0 Å². The van der Waals surface area contributed by atoms with Crippen LogP contribution in [0, 0.1) is 5.92 Å². The van der Waals surface area contributed by atoms with Gasteiger partial charge in [0.15, 0.2) is 0 Å². The molecule has 3 nitrogen and oxygen atoms in total. The van der Waals surface area contributed by atoms with Crippen molar-refractivity contribution in [3.8, 4) is 0 Å². The maximum Gasteiger partial charge on any atom is 0.228 e. The number of rotatable bonds is 4. The lowest BCUT2D eigenvalue weighted by Gasteiger charge is -2.21. The smallest absolute Gasteiger partial charge is 0.228 e. The quantitative estimate of drug-likeness (QED) is 0.876. The molecule has 2 aliphatic rings. The molecule has 1 aliphatic heterocycles. The molecular weight excluding hydrogens is 320 g/mol. The molecular formula is C20H21ClN2O. The molecule has 2 aromatic carbocycles. The van der Waals surface area contributed by atoms with Crippen molar-refractivity contribution in [1.29, 1.82) is 0 Å². The third kappa shape index (κ3) is 3.01. The van der Waals surface area contributed by atoms with Crippen LogP contribution in [0.15, 0.2) is 48.5 Å². The molecule has 2 unspecified atom stereocenters. The van der Waals surface area contributed by atoms with Crippen LogP contribution in [0.25, 0.3) is 0 Å². The summed E-state index contributed by atoms with van der Waals surface area (Å²) in [5, 5.41) is 3.90. The summed E-state index contributed by atoms with van der Waals surface area (Å²) in [5.41, 5.74) is 3.15. The molecule has 2 aromatic rings. The fourth-order valence-electron chi connectivity index (χ4n) is 3.64. The normalized spacial score (nSPS) is 22.5. The Morgan fingerprint density at radius 3 is 2.54 bits per heavy atom. The largest absolute Gasteiger partial charge is 0.370 e. The minimum Gasteiger partial charge on any atom is -0.370 e. The zero-order valence-electron chi connectivity index (χ0n) is 13.5. The first-order valence-electron chi connectivity index (χ1n) is 8.63. The second-order valence-corrected chi connectivity index (χ2v) is 7.08. The van der Waals surface area contributed by atoms with Crippen LogP contribution in [0.5, 0.6) is 0 Å². The van der Waals surface area contributed by atoms with Gasteiger partial charge >= 0.3 is 0 Å². The Bertz CT molecular complexity index is 755. The van der Waals surface area contributed by atoms with E-state index >= 15 is 0 Å². The molecule has 0 aromatic heterocycles. The Labute approximate surface area is 147 Å². The van der Waals surface area contributed by atoms with Gasteiger partial charge in [-0.15, -0.1) is 0 Å². The van der Waals surface area contributed by atoms with Crippen LogP contribution in [-0.4, -0.2) is 19.0 Å². The summed E-state index contributed by atoms with van der Waals surface area (Å²) in [6.07, 6.45) is 3.32. The highest BCUT2D eigenvalue weighted by Gasteiger charge is 2.44. The van der Waals surface area contributed by atoms with Gasteiger partial charge in [0.1, 0.15) is 0 Å². The molecule has 24 heavy (non-hydrogen) atoms. The van der Waals surface area contributed by atoms with Crippen LogP contribution in [0.2, 0.25) is 5.02 Å². The molecule has 1 aliphatic carbocycles. The summed E-state index contributed by atoms with van der Waals surface area (Å²) in [6, 6.07) is 15.9. The van der Waals surface area contributed by atoms with Crippen molar-refractivity contribution in [2.24, 2.45) is 5.92 Å². The SMILES string of the molecule is O=C(Nc1ccccc1N1CCCC1)C1CC1c1ccccc1Cl. The summed E-state index contributed by atoms with van der Waals surface area (Å²) in [7, 11) is 0. The van der Waals surface area contributed by atoms with Crippen molar-refractivity contribution in [3.05, 3.63) is 59.1 Å². The molecule has 0 bridgehead atoms. The average Bonchev–Trinajstić information content (AvgIpc) is 3.20. The number of carbonyl (C=O) groups excluding carboxylic acids is 1. The van der Waals surface area contributed by atoms with Crippen molar-refractivity contribution in [2.75, 3.05) is 23.3 Å². The first-order valence-corrected chi connectivity index (χ1v) is 9.01. The Morgan fingerprint density at radius 2 is 1.75 bits per heavy atom. The molecule has 4 heteroatoms. The number of nitrogens with one attached hydrogen (secondary N) is 1. The lowest BCUT2D eigenvalue weighted by molar-refractivity contribution is -0.117. The van der Waals surface area contributed by atoms with Crippen LogP contribution in [-0.2, 0) is 4.79 Å². The number of hydrogen-bond donors (Lipinski definition) is 1. The number of carbonyl (C=O) groups is 1. The lowest BCUT2D eigenvalue weighted by atomic mass is 10.1. The predicted octanol–water partition coefficient (Wildman–Crippen LogP) is 4.68. The average molecular weight is 341 g/mol. The first kappa shape index (κ1) is 15.5. The van der Waals surface area contributed by atoms with Crippen LogP contribution in [0.1, 0.15) is 30.7 Å². The molecule has 124 valence electrons. The van der Waals surface area contributed by atoms with E-state index in [-0.39, 0.29) is 17.7 Å². The van der Waals surface area contributed by atoms with Gasteiger partial charge in [0.25, 0.3) is 0 Å². The predicted molar refractivity (Wildman–Crippen MR) is 98.8 cm³/mol. The van der Waals surface area contributed by atoms with E-state index in [1.54, 1.807) is 0 Å². The molecule has 1 heterocycles. The Morgan fingerprint density at radius 1 is 1.04 bits per heavy atom. The van der Waals surface area contributed by atoms with Crippen molar-refractivity contribution in [1.82, 2.24) is 0 Å². The number of para-hydroxylation sites is 2. The summed E-state index contributed by atoms with van der Waals surface area (Å²) in [4.78, 5) is 15.0. The van der Waals surface area contributed by atoms with Gasteiger partial charge in [-0.1, -0.05) is 41.9 Å². The number of amides is 1. The highest BCUT2D eigenvalue weighted by Crippen LogP contribution is 2.50. The number of halogens is 1. The summed E-state index contributed by atoms with van der Waals surface area (Å²) in [5.74, 6) is 0.376. The molecule has 1 amide bonds. The summed E-state index contributed by atoms with van der Waals surface area (Å²) < 4.78 is 0. The van der Waals surface area contributed by atoms with Crippen LogP contribution in [0.3, 0.4) is 0 Å². The Kier molecular flexibility index (Phi) is 4.19. The molecule has 1 saturated carbocycles. The lowest BCUT2D eigenvalue weighted by Crippen LogP contribution is -2.21. The van der Waals surface area contributed by atoms with E-state index < -0.39 is 0 Å². The van der Waals surface area contributed by atoms with Gasteiger partial charge in [-0.3, -0.25) is 4.79 Å². The van der Waals surface area contributed by atoms with Gasteiger partial charge in [0.2, 0.25) is 5.91 Å². The topological polar surface area (TPSA) is 32.3 Å². The number of nitrogens with zero attached hydrogens (tertiary/aromatic N) is 1. The van der Waals surface area contributed by atoms with Crippen molar-refractivity contribution in [2.45, 2.75) is 25.2 Å². The molecule has 2 fully saturated rings. The second-order valence-electron chi connectivity index (χ2n) is 6.67. The zero-order valence-corrected chi connectivity index (χ0v) is 14.3. The van der Waals surface area contributed by atoms with Crippen LogP contribution in [0.4, 0.5) is 11.4 Å². The van der Waals surface area contributed by atoms with Gasteiger partial charge < -0.3 is 10.2 Å². The van der Waals surface area contributed by atoms with E-state index in [4.69, 9.17) is 11.6 Å². The molecule has 0 radical (unpaired) electrons. The van der Waals surface area contributed by atoms with Crippen LogP contribution < -0.4 is 10.2 Å². The number of hydrogen-bond acceptors (Lipinski definition) is 2. The van der Waals surface area contributed by atoms with Crippen molar-refractivity contribution in [3.63, 3.8) is 0 Å². The third-order valence-electron chi connectivity index (χ3n) is 5.04. The minimum atomic E-state index is 0.0246. The van der Waals surface area contributed by atoms with Crippen molar-refractivity contribution >= 4 is 28.9 Å². The molecule has 0 spiro atoms. The molecule has 1 saturated heterocycles. The van der Waals surface area contributed by atoms with E-state index in [0.717, 1.165) is 41.5 Å². The summed E-state index contributed by atoms with van der Waals surface area (Å²) >= 11 is 6.26. The highest BCUT2D eigenvalue weighted by atomic mass is 35.5. The number of anilines is 2. The second kappa shape index (κ2) is 6.48. The summed E-state index contributed by atoms with van der Waals surface area (Å²) in [6.45, 7) is 2.14. The highest BCUT2D eigenvalue weighted by molar-refractivity contribution is 6.31. The molecule has 4 rings (SSSR count). The Balaban J connectivity index is 1.47. The fourth-order valence-corrected chi connectivity index (χ4v) is 3.92. The van der Waals surface area contributed by atoms with Gasteiger partial charge in [-0.25, -0.2) is 0 Å². The van der Waals surface area contributed by atoms with Gasteiger partial charge in [0.05, 0.1) is 11.4 Å². The monoisotopic (exact) mass is 340 g/mol. The molecule has 1 N–H and O–H groups in total. The number of benzene rings is 2. The maximum atomic E-state index is 12.7. The zero-order chi connectivity index (χ0) is 16.5. The van der Waals surface area contributed by atoms with Crippen LogP contribution >= 0.6 is 11.6 Å². The molecule has 2 atom stereocenters. The maximum absolute atomic E-state index is 12.7.